The van der Waals surface area contributed by atoms with Crippen LogP contribution < -0.4 is 0 Å². The van der Waals surface area contributed by atoms with Gasteiger partial charge in [-0.15, -0.1) is 0 Å². The van der Waals surface area contributed by atoms with Crippen molar-refractivity contribution in [3.8, 4) is 0 Å². The predicted octanol–water partition coefficient (Wildman–Crippen LogP) is 2.26. The molecule has 0 radical (unpaired) electrons. The number of carbonyl (C=O) groups excluding carboxylic acids is 2. The summed E-state index contributed by atoms with van der Waals surface area (Å²) < 4.78 is 11.0. The van der Waals surface area contributed by atoms with Gasteiger partial charge in [-0.05, 0) is 38.9 Å². The van der Waals surface area contributed by atoms with Crippen LogP contribution in [0.4, 0.5) is 0 Å². The molecule has 0 unspecified atom stereocenters. The Morgan fingerprint density at radius 2 is 1.96 bits per heavy atom. The van der Waals surface area contributed by atoms with Crippen molar-refractivity contribution >= 4 is 11.9 Å². The largest absolute Gasteiger partial charge is 0.466 e. The van der Waals surface area contributed by atoms with E-state index in [4.69, 9.17) is 9.47 Å². The Morgan fingerprint density at radius 3 is 2.65 bits per heavy atom. The third kappa shape index (κ3) is 3.11. The van der Waals surface area contributed by atoms with Crippen molar-refractivity contribution < 1.29 is 19.1 Å². The average molecular weight is 317 g/mol. The number of ether oxygens (including phenoxy) is 2. The Morgan fingerprint density at radius 1 is 1.22 bits per heavy atom. The molecule has 0 spiro atoms. The number of esters is 2. The Kier molecular flexibility index (Phi) is 4.66. The summed E-state index contributed by atoms with van der Waals surface area (Å²) in [5, 5.41) is 0. The molecule has 1 aromatic rings. The van der Waals surface area contributed by atoms with Crippen LogP contribution in [0.2, 0.25) is 0 Å². The highest BCUT2D eigenvalue weighted by Crippen LogP contribution is 2.40. The van der Waals surface area contributed by atoms with E-state index < -0.39 is 12.0 Å². The van der Waals surface area contributed by atoms with Gasteiger partial charge in [0.25, 0.3) is 0 Å². The third-order valence-electron chi connectivity index (χ3n) is 5.04. The number of hydrogen-bond donors (Lipinski definition) is 0. The molecule has 0 aliphatic carbocycles. The Labute approximate surface area is 136 Å². The molecular formula is C18H23NO4. The lowest BCUT2D eigenvalue weighted by Crippen LogP contribution is -2.53. The van der Waals surface area contributed by atoms with E-state index in [1.54, 1.807) is 31.2 Å². The van der Waals surface area contributed by atoms with Gasteiger partial charge in [-0.1, -0.05) is 18.2 Å². The second-order valence-electron chi connectivity index (χ2n) is 6.29. The molecule has 0 amide bonds. The van der Waals surface area contributed by atoms with Gasteiger partial charge in [-0.2, -0.15) is 0 Å². The molecule has 5 heteroatoms. The van der Waals surface area contributed by atoms with E-state index in [-0.39, 0.29) is 18.0 Å². The molecule has 2 fully saturated rings. The highest BCUT2D eigenvalue weighted by atomic mass is 16.6. The zero-order valence-corrected chi connectivity index (χ0v) is 13.6. The summed E-state index contributed by atoms with van der Waals surface area (Å²) in [6, 6.07) is 9.39. The van der Waals surface area contributed by atoms with Crippen molar-refractivity contribution in [2.24, 2.45) is 5.92 Å². The van der Waals surface area contributed by atoms with Crippen LogP contribution in [-0.4, -0.2) is 48.7 Å². The quantitative estimate of drug-likeness (QED) is 0.797. The lowest BCUT2D eigenvalue weighted by Gasteiger charge is -2.40. The van der Waals surface area contributed by atoms with Crippen molar-refractivity contribution in [1.82, 2.24) is 4.90 Å². The molecule has 5 nitrogen and oxygen atoms in total. The van der Waals surface area contributed by atoms with Crippen molar-refractivity contribution in [2.45, 2.75) is 44.4 Å². The molecule has 2 aliphatic rings. The number of benzene rings is 1. The fourth-order valence-electron chi connectivity index (χ4n) is 3.87. The van der Waals surface area contributed by atoms with Crippen LogP contribution in [0.3, 0.4) is 0 Å². The van der Waals surface area contributed by atoms with Crippen LogP contribution in [0, 0.1) is 5.92 Å². The number of hydrogen-bond acceptors (Lipinski definition) is 5. The van der Waals surface area contributed by atoms with Crippen LogP contribution in [-0.2, 0) is 14.3 Å². The van der Waals surface area contributed by atoms with E-state index in [2.05, 4.69) is 4.90 Å². The number of piperidine rings is 1. The fourth-order valence-corrected chi connectivity index (χ4v) is 3.87. The van der Waals surface area contributed by atoms with Gasteiger partial charge in [-0.25, -0.2) is 4.79 Å². The van der Waals surface area contributed by atoms with Crippen LogP contribution in [0.15, 0.2) is 30.3 Å². The summed E-state index contributed by atoms with van der Waals surface area (Å²) in [6.45, 7) is 2.14. The summed E-state index contributed by atoms with van der Waals surface area (Å²) in [4.78, 5) is 27.0. The molecule has 23 heavy (non-hydrogen) atoms. The Hall–Kier alpha value is -1.88. The summed E-state index contributed by atoms with van der Waals surface area (Å²) in [5.74, 6) is -1.02. The minimum atomic E-state index is -0.407. The summed E-state index contributed by atoms with van der Waals surface area (Å²) in [6.07, 6.45) is 2.27. The maximum Gasteiger partial charge on any atom is 0.338 e. The van der Waals surface area contributed by atoms with Gasteiger partial charge in [0.05, 0.1) is 12.2 Å². The SMILES string of the molecule is CCOC(=O)[C@@H]1[C@H](OC(=O)c2ccccc2)C[C@H]2CC[C@@H]1N2C. The highest BCUT2D eigenvalue weighted by Gasteiger charge is 2.51. The van der Waals surface area contributed by atoms with Crippen LogP contribution in [0.1, 0.15) is 36.5 Å². The van der Waals surface area contributed by atoms with E-state index in [1.807, 2.05) is 13.1 Å². The lowest BCUT2D eigenvalue weighted by atomic mass is 9.87. The molecule has 0 N–H and O–H groups in total. The van der Waals surface area contributed by atoms with Gasteiger partial charge in [-0.3, -0.25) is 9.69 Å². The second kappa shape index (κ2) is 6.71. The first kappa shape index (κ1) is 16.0. The number of carbonyl (C=O) groups is 2. The molecule has 1 aromatic carbocycles. The monoisotopic (exact) mass is 317 g/mol. The van der Waals surface area contributed by atoms with E-state index in [1.165, 1.54) is 0 Å². The summed E-state index contributed by atoms with van der Waals surface area (Å²) in [7, 11) is 2.05. The Balaban J connectivity index is 1.78. The zero-order chi connectivity index (χ0) is 16.4. The molecule has 4 atom stereocenters. The molecule has 2 aliphatic heterocycles. The van der Waals surface area contributed by atoms with Gasteiger partial charge in [0.2, 0.25) is 0 Å². The van der Waals surface area contributed by atoms with Gasteiger partial charge >= 0.3 is 11.9 Å². The van der Waals surface area contributed by atoms with Crippen molar-refractivity contribution in [3.05, 3.63) is 35.9 Å². The summed E-state index contributed by atoms with van der Waals surface area (Å²) in [5.41, 5.74) is 0.515. The second-order valence-corrected chi connectivity index (χ2v) is 6.29. The fraction of sp³-hybridized carbons (Fsp3) is 0.556. The van der Waals surface area contributed by atoms with Gasteiger partial charge in [0.1, 0.15) is 12.0 Å². The number of rotatable bonds is 4. The number of nitrogens with zero attached hydrogens (tertiary/aromatic N) is 1. The average Bonchev–Trinajstić information content (AvgIpc) is 2.80. The molecule has 3 rings (SSSR count). The first-order chi connectivity index (χ1) is 11.1. The minimum absolute atomic E-state index is 0.0985. The first-order valence-corrected chi connectivity index (χ1v) is 8.26. The zero-order valence-electron chi connectivity index (χ0n) is 13.6. The smallest absolute Gasteiger partial charge is 0.338 e. The van der Waals surface area contributed by atoms with E-state index in [0.29, 0.717) is 24.6 Å². The molecule has 2 bridgehead atoms. The molecular weight excluding hydrogens is 294 g/mol. The van der Waals surface area contributed by atoms with Gasteiger partial charge < -0.3 is 9.47 Å². The van der Waals surface area contributed by atoms with Crippen molar-refractivity contribution in [2.75, 3.05) is 13.7 Å². The topological polar surface area (TPSA) is 55.8 Å². The first-order valence-electron chi connectivity index (χ1n) is 8.26. The summed E-state index contributed by atoms with van der Waals surface area (Å²) >= 11 is 0. The van der Waals surface area contributed by atoms with Crippen LogP contribution >= 0.6 is 0 Å². The third-order valence-corrected chi connectivity index (χ3v) is 5.04. The highest BCUT2D eigenvalue weighted by molar-refractivity contribution is 5.89. The predicted molar refractivity (Wildman–Crippen MR) is 85.0 cm³/mol. The normalized spacial score (nSPS) is 30.0. The lowest BCUT2D eigenvalue weighted by molar-refractivity contribution is -0.158. The van der Waals surface area contributed by atoms with Crippen molar-refractivity contribution in [3.63, 3.8) is 0 Å². The minimum Gasteiger partial charge on any atom is -0.466 e. The molecule has 2 saturated heterocycles. The van der Waals surface area contributed by atoms with E-state index in [9.17, 15) is 9.59 Å². The standard InChI is InChI=1S/C18H23NO4/c1-3-22-18(21)16-14-10-9-13(19(14)2)11-15(16)23-17(20)12-7-5-4-6-8-12/h4-8,13-16H,3,9-11H2,1-2H3/t13-,14+,15-,16+/m1/s1. The molecule has 0 aromatic heterocycles. The van der Waals surface area contributed by atoms with Gasteiger partial charge in [0.15, 0.2) is 0 Å². The molecule has 2 heterocycles. The number of fused-ring (bicyclic) bond motifs is 2. The van der Waals surface area contributed by atoms with Crippen LogP contribution in [0.25, 0.3) is 0 Å². The maximum atomic E-state index is 12.4. The molecule has 0 saturated carbocycles. The van der Waals surface area contributed by atoms with Gasteiger partial charge in [0, 0.05) is 18.5 Å². The van der Waals surface area contributed by atoms with Crippen molar-refractivity contribution in [1.29, 1.82) is 0 Å². The molecule has 124 valence electrons. The van der Waals surface area contributed by atoms with Crippen LogP contribution in [0.5, 0.6) is 0 Å². The van der Waals surface area contributed by atoms with E-state index in [0.717, 1.165) is 12.8 Å². The maximum absolute atomic E-state index is 12.4. The Bertz CT molecular complexity index is 574. The van der Waals surface area contributed by atoms with E-state index >= 15 is 0 Å².